The molecule has 20 heavy (non-hydrogen) atoms. The van der Waals surface area contributed by atoms with Crippen LogP contribution in [0, 0.1) is 33.1 Å². The van der Waals surface area contributed by atoms with Crippen molar-refractivity contribution in [3.05, 3.63) is 21.5 Å². The Bertz CT molecular complexity index is 724. The largest absolute Gasteiger partial charge is 0.369 e. The predicted octanol–water partition coefficient (Wildman–Crippen LogP) is 3.58. The van der Waals surface area contributed by atoms with Gasteiger partial charge >= 0.3 is 0 Å². The first-order valence-electron chi connectivity index (χ1n) is 7.27. The third-order valence-corrected chi connectivity index (χ3v) is 6.58. The molecule has 4 unspecified atom stereocenters. The molecule has 3 nitrogen and oxygen atoms in total. The van der Waals surface area contributed by atoms with Crippen LogP contribution in [-0.4, -0.2) is 9.55 Å². The summed E-state index contributed by atoms with van der Waals surface area (Å²) in [7, 11) is 0. The second-order valence-corrected chi connectivity index (χ2v) is 7.74. The fourth-order valence-corrected chi connectivity index (χ4v) is 5.50. The smallest absolute Gasteiger partial charge is 0.201 e. The fourth-order valence-electron chi connectivity index (χ4n) is 5.05. The van der Waals surface area contributed by atoms with Crippen molar-refractivity contribution in [3.63, 3.8) is 0 Å². The van der Waals surface area contributed by atoms with Crippen LogP contribution < -0.4 is 5.73 Å². The first-order valence-corrected chi connectivity index (χ1v) is 8.35. The van der Waals surface area contributed by atoms with Crippen molar-refractivity contribution in [2.45, 2.75) is 25.3 Å². The minimum absolute atomic E-state index is 0.173. The van der Waals surface area contributed by atoms with Gasteiger partial charge in [-0.1, -0.05) is 0 Å². The Kier molecular flexibility index (Phi) is 2.16. The minimum atomic E-state index is -0.173. The van der Waals surface area contributed by atoms with E-state index in [0.29, 0.717) is 15.6 Å². The van der Waals surface area contributed by atoms with Gasteiger partial charge in [0.15, 0.2) is 0 Å². The van der Waals surface area contributed by atoms with Crippen LogP contribution in [0.4, 0.5) is 10.3 Å². The van der Waals surface area contributed by atoms with Crippen LogP contribution in [0.2, 0.25) is 0 Å². The lowest BCUT2D eigenvalue weighted by molar-refractivity contribution is 0.456. The summed E-state index contributed by atoms with van der Waals surface area (Å²) in [5, 5.41) is 0. The van der Waals surface area contributed by atoms with E-state index in [-0.39, 0.29) is 5.82 Å². The molecule has 1 aromatic heterocycles. The second kappa shape index (κ2) is 3.67. The quantitative estimate of drug-likeness (QED) is 0.766. The molecule has 1 heterocycles. The van der Waals surface area contributed by atoms with Gasteiger partial charge in [0, 0.05) is 12.1 Å². The maximum absolute atomic E-state index is 13.9. The topological polar surface area (TPSA) is 43.8 Å². The van der Waals surface area contributed by atoms with E-state index in [1.807, 2.05) is 22.6 Å². The van der Waals surface area contributed by atoms with E-state index in [0.717, 1.165) is 34.7 Å². The van der Waals surface area contributed by atoms with Crippen LogP contribution in [0.25, 0.3) is 11.0 Å². The van der Waals surface area contributed by atoms with E-state index in [9.17, 15) is 4.39 Å². The Morgan fingerprint density at radius 3 is 2.65 bits per heavy atom. The molecular formula is C15H15FIN3. The third kappa shape index (κ3) is 1.32. The van der Waals surface area contributed by atoms with Gasteiger partial charge in [-0.05, 0) is 71.6 Å². The number of fused-ring (bicyclic) bond motifs is 6. The molecule has 3 aliphatic carbocycles. The maximum atomic E-state index is 13.9. The zero-order valence-electron chi connectivity index (χ0n) is 10.9. The number of nitrogens with two attached hydrogens (primary N) is 1. The molecule has 104 valence electrons. The number of aromatic nitrogens is 2. The molecule has 5 rings (SSSR count). The summed E-state index contributed by atoms with van der Waals surface area (Å²) in [5.41, 5.74) is 7.83. The zero-order chi connectivity index (χ0) is 13.6. The van der Waals surface area contributed by atoms with Crippen molar-refractivity contribution in [2.75, 3.05) is 5.73 Å². The molecular weight excluding hydrogens is 368 g/mol. The Balaban J connectivity index is 1.67. The van der Waals surface area contributed by atoms with E-state index in [1.54, 1.807) is 12.1 Å². The molecule has 2 bridgehead atoms. The molecule has 3 aliphatic rings. The maximum Gasteiger partial charge on any atom is 0.201 e. The van der Waals surface area contributed by atoms with Crippen LogP contribution in [0.15, 0.2) is 12.1 Å². The summed E-state index contributed by atoms with van der Waals surface area (Å²) in [6.07, 6.45) is 4.16. The van der Waals surface area contributed by atoms with E-state index in [1.165, 1.54) is 19.3 Å². The van der Waals surface area contributed by atoms with E-state index < -0.39 is 0 Å². The molecule has 2 N–H and O–H groups in total. The first kappa shape index (κ1) is 11.8. The second-order valence-electron chi connectivity index (χ2n) is 6.57. The highest BCUT2D eigenvalue weighted by Crippen LogP contribution is 2.72. The highest BCUT2D eigenvalue weighted by molar-refractivity contribution is 14.1. The predicted molar refractivity (Wildman–Crippen MR) is 83.7 cm³/mol. The molecule has 3 fully saturated rings. The van der Waals surface area contributed by atoms with Crippen molar-refractivity contribution in [1.29, 1.82) is 0 Å². The molecule has 1 aromatic carbocycles. The number of imidazole rings is 1. The van der Waals surface area contributed by atoms with E-state index >= 15 is 0 Å². The Hall–Kier alpha value is -0.850. The molecule has 0 spiro atoms. The number of anilines is 1. The molecule has 4 atom stereocenters. The van der Waals surface area contributed by atoms with Crippen molar-refractivity contribution in [1.82, 2.24) is 9.55 Å². The number of benzene rings is 1. The van der Waals surface area contributed by atoms with Gasteiger partial charge in [-0.3, -0.25) is 0 Å². The molecule has 0 radical (unpaired) electrons. The van der Waals surface area contributed by atoms with Gasteiger partial charge in [0.2, 0.25) is 5.95 Å². The van der Waals surface area contributed by atoms with Crippen molar-refractivity contribution >= 4 is 39.6 Å². The van der Waals surface area contributed by atoms with Crippen LogP contribution in [0.1, 0.15) is 25.3 Å². The minimum Gasteiger partial charge on any atom is -0.369 e. The first-order chi connectivity index (χ1) is 9.65. The summed E-state index contributed by atoms with van der Waals surface area (Å²) in [4.78, 5) is 4.44. The third-order valence-electron chi connectivity index (χ3n) is 5.75. The highest BCUT2D eigenvalue weighted by Gasteiger charge is 2.66. The average molecular weight is 383 g/mol. The number of hydrogen-bond donors (Lipinski definition) is 1. The summed E-state index contributed by atoms with van der Waals surface area (Å²) < 4.78 is 16.6. The molecule has 5 heteroatoms. The van der Waals surface area contributed by atoms with Crippen LogP contribution >= 0.6 is 22.6 Å². The summed E-state index contributed by atoms with van der Waals surface area (Å²) in [6.45, 7) is 0. The van der Waals surface area contributed by atoms with Gasteiger partial charge in [-0.15, -0.1) is 0 Å². The summed E-state index contributed by atoms with van der Waals surface area (Å²) in [5.74, 6) is 3.68. The molecule has 0 saturated heterocycles. The van der Waals surface area contributed by atoms with Crippen LogP contribution in [-0.2, 0) is 0 Å². The lowest BCUT2D eigenvalue weighted by atomic mass is 10.0. The lowest BCUT2D eigenvalue weighted by Crippen LogP contribution is -2.08. The lowest BCUT2D eigenvalue weighted by Gasteiger charge is -2.12. The Morgan fingerprint density at radius 2 is 1.95 bits per heavy atom. The number of rotatable bonds is 1. The normalized spacial score (nSPS) is 37.6. The summed E-state index contributed by atoms with van der Waals surface area (Å²) in [6, 6.07) is 3.88. The molecule has 2 aromatic rings. The molecule has 0 amide bonds. The van der Waals surface area contributed by atoms with Gasteiger partial charge in [0.1, 0.15) is 5.82 Å². The number of halogens is 2. The highest BCUT2D eigenvalue weighted by atomic mass is 127. The van der Waals surface area contributed by atoms with Gasteiger partial charge in [-0.25, -0.2) is 9.37 Å². The monoisotopic (exact) mass is 383 g/mol. The molecule has 3 saturated carbocycles. The average Bonchev–Trinajstić information content (AvgIpc) is 2.73. The Morgan fingerprint density at radius 1 is 1.25 bits per heavy atom. The number of nitrogen functional groups attached to an aromatic ring is 1. The van der Waals surface area contributed by atoms with E-state index in [2.05, 4.69) is 9.55 Å². The van der Waals surface area contributed by atoms with Gasteiger partial charge in [-0.2, -0.15) is 0 Å². The van der Waals surface area contributed by atoms with Crippen molar-refractivity contribution < 1.29 is 4.39 Å². The van der Waals surface area contributed by atoms with Gasteiger partial charge < -0.3 is 10.3 Å². The van der Waals surface area contributed by atoms with Gasteiger partial charge in [0.25, 0.3) is 0 Å². The fraction of sp³-hybridized carbons (Fsp3) is 0.533. The van der Waals surface area contributed by atoms with E-state index in [4.69, 9.17) is 5.73 Å². The standard InChI is InChI=1S/C15H15FIN3/c16-8-4-11-10(5-9(8)17)19-15(18)20(11)14-12-6-1-2-7(3-6)13(12)14/h4-7,12-14H,1-3H2,(H2,18,19). The van der Waals surface area contributed by atoms with Crippen molar-refractivity contribution in [3.8, 4) is 0 Å². The van der Waals surface area contributed by atoms with Gasteiger partial charge in [0.05, 0.1) is 14.6 Å². The zero-order valence-corrected chi connectivity index (χ0v) is 13.0. The Labute approximate surface area is 129 Å². The van der Waals surface area contributed by atoms with Crippen molar-refractivity contribution in [2.24, 2.45) is 23.7 Å². The number of hydrogen-bond acceptors (Lipinski definition) is 2. The SMILES string of the molecule is Nc1nc2cc(I)c(F)cc2n1C1C2C3CCC(C3)C21. The molecule has 0 aliphatic heterocycles. The number of nitrogens with zero attached hydrogens (tertiary/aromatic N) is 2. The summed E-state index contributed by atoms with van der Waals surface area (Å²) >= 11 is 2.00. The van der Waals surface area contributed by atoms with Crippen LogP contribution in [0.3, 0.4) is 0 Å². The van der Waals surface area contributed by atoms with Crippen LogP contribution in [0.5, 0.6) is 0 Å².